The van der Waals surface area contributed by atoms with Gasteiger partial charge in [-0.3, -0.25) is 4.79 Å². The quantitative estimate of drug-likeness (QED) is 0.923. The Morgan fingerprint density at radius 3 is 2.82 bits per heavy atom. The van der Waals surface area contributed by atoms with E-state index in [2.05, 4.69) is 5.32 Å². The van der Waals surface area contributed by atoms with Gasteiger partial charge in [0.25, 0.3) is 0 Å². The van der Waals surface area contributed by atoms with Gasteiger partial charge in [0.15, 0.2) is 11.5 Å². The maximum absolute atomic E-state index is 12.0. The van der Waals surface area contributed by atoms with Crippen molar-refractivity contribution in [2.24, 2.45) is 0 Å². The standard InChI is InChI=1S/C18H19NO3/c1-13-4-2-3-5-15(13)11-19-18(20)9-7-14-6-8-16-17(10-14)22-12-21-16/h2-6,8,10H,7,9,11-12H2,1H3,(H,19,20). The molecule has 1 amide bonds. The Morgan fingerprint density at radius 2 is 1.95 bits per heavy atom. The van der Waals surface area contributed by atoms with Crippen molar-refractivity contribution in [3.8, 4) is 11.5 Å². The largest absolute Gasteiger partial charge is 0.454 e. The van der Waals surface area contributed by atoms with Gasteiger partial charge in [-0.25, -0.2) is 0 Å². The van der Waals surface area contributed by atoms with Crippen molar-refractivity contribution in [2.45, 2.75) is 26.3 Å². The van der Waals surface area contributed by atoms with Gasteiger partial charge in [0, 0.05) is 13.0 Å². The Kier molecular flexibility index (Phi) is 4.28. The van der Waals surface area contributed by atoms with Crippen LogP contribution < -0.4 is 14.8 Å². The van der Waals surface area contributed by atoms with E-state index in [0.717, 1.165) is 22.6 Å². The third-order valence-electron chi connectivity index (χ3n) is 3.81. The molecule has 114 valence electrons. The molecule has 1 aliphatic heterocycles. The fraction of sp³-hybridized carbons (Fsp3) is 0.278. The minimum atomic E-state index is 0.0564. The van der Waals surface area contributed by atoms with Gasteiger partial charge in [-0.2, -0.15) is 0 Å². The lowest BCUT2D eigenvalue weighted by Crippen LogP contribution is -2.23. The van der Waals surface area contributed by atoms with Crippen LogP contribution >= 0.6 is 0 Å². The number of rotatable bonds is 5. The molecule has 2 aromatic rings. The summed E-state index contributed by atoms with van der Waals surface area (Å²) >= 11 is 0. The summed E-state index contributed by atoms with van der Waals surface area (Å²) < 4.78 is 10.6. The Hall–Kier alpha value is -2.49. The van der Waals surface area contributed by atoms with E-state index in [1.807, 2.05) is 49.4 Å². The Bertz CT molecular complexity index is 682. The van der Waals surface area contributed by atoms with Crippen molar-refractivity contribution < 1.29 is 14.3 Å². The van der Waals surface area contributed by atoms with E-state index in [0.29, 0.717) is 19.4 Å². The maximum atomic E-state index is 12.0. The first kappa shape index (κ1) is 14.4. The molecular weight excluding hydrogens is 278 g/mol. The van der Waals surface area contributed by atoms with Gasteiger partial charge >= 0.3 is 0 Å². The first-order valence-electron chi connectivity index (χ1n) is 7.42. The number of carbonyl (C=O) groups is 1. The molecule has 0 radical (unpaired) electrons. The molecule has 0 atom stereocenters. The number of hydrogen-bond acceptors (Lipinski definition) is 3. The molecule has 1 heterocycles. The maximum Gasteiger partial charge on any atom is 0.231 e. The molecule has 4 nitrogen and oxygen atoms in total. The molecule has 0 aliphatic carbocycles. The van der Waals surface area contributed by atoms with Crippen molar-refractivity contribution in [3.63, 3.8) is 0 Å². The summed E-state index contributed by atoms with van der Waals surface area (Å²) in [6, 6.07) is 13.9. The van der Waals surface area contributed by atoms with Gasteiger partial charge in [-0.15, -0.1) is 0 Å². The molecule has 0 saturated heterocycles. The Balaban J connectivity index is 1.49. The van der Waals surface area contributed by atoms with Crippen molar-refractivity contribution in [3.05, 3.63) is 59.2 Å². The highest BCUT2D eigenvalue weighted by Gasteiger charge is 2.13. The number of carbonyl (C=O) groups excluding carboxylic acids is 1. The van der Waals surface area contributed by atoms with Crippen molar-refractivity contribution in [1.29, 1.82) is 0 Å². The first-order chi connectivity index (χ1) is 10.7. The van der Waals surface area contributed by atoms with E-state index in [-0.39, 0.29) is 12.7 Å². The number of amides is 1. The summed E-state index contributed by atoms with van der Waals surface area (Å²) in [7, 11) is 0. The molecule has 0 unspecified atom stereocenters. The van der Waals surface area contributed by atoms with E-state index >= 15 is 0 Å². The fourth-order valence-electron chi connectivity index (χ4n) is 2.44. The molecule has 0 aromatic heterocycles. The van der Waals surface area contributed by atoms with Crippen LogP contribution in [0, 0.1) is 6.92 Å². The van der Waals surface area contributed by atoms with Crippen molar-refractivity contribution >= 4 is 5.91 Å². The van der Waals surface area contributed by atoms with Crippen LogP contribution in [-0.4, -0.2) is 12.7 Å². The monoisotopic (exact) mass is 297 g/mol. The summed E-state index contributed by atoms with van der Waals surface area (Å²) in [6.45, 7) is 2.90. The second-order valence-electron chi connectivity index (χ2n) is 5.39. The second kappa shape index (κ2) is 6.52. The van der Waals surface area contributed by atoms with Crippen LogP contribution in [0.25, 0.3) is 0 Å². The van der Waals surface area contributed by atoms with E-state index in [9.17, 15) is 4.79 Å². The van der Waals surface area contributed by atoms with Crippen LogP contribution in [0.15, 0.2) is 42.5 Å². The number of fused-ring (bicyclic) bond motifs is 1. The van der Waals surface area contributed by atoms with E-state index < -0.39 is 0 Å². The zero-order chi connectivity index (χ0) is 15.4. The third kappa shape index (κ3) is 3.39. The lowest BCUT2D eigenvalue weighted by Gasteiger charge is -2.08. The predicted molar refractivity (Wildman–Crippen MR) is 83.9 cm³/mol. The lowest BCUT2D eigenvalue weighted by molar-refractivity contribution is -0.121. The van der Waals surface area contributed by atoms with Gasteiger partial charge in [0.2, 0.25) is 12.7 Å². The molecule has 4 heteroatoms. The fourth-order valence-corrected chi connectivity index (χ4v) is 2.44. The number of nitrogens with one attached hydrogen (secondary N) is 1. The summed E-state index contributed by atoms with van der Waals surface area (Å²) in [5, 5.41) is 2.97. The van der Waals surface area contributed by atoms with Crippen LogP contribution in [0.3, 0.4) is 0 Å². The summed E-state index contributed by atoms with van der Waals surface area (Å²) in [5.74, 6) is 1.59. The summed E-state index contributed by atoms with van der Waals surface area (Å²) in [5.41, 5.74) is 3.42. The molecule has 0 fully saturated rings. The van der Waals surface area contributed by atoms with Gasteiger partial charge < -0.3 is 14.8 Å². The number of aryl methyl sites for hydroxylation is 2. The molecule has 0 spiro atoms. The highest BCUT2D eigenvalue weighted by atomic mass is 16.7. The van der Waals surface area contributed by atoms with E-state index in [1.54, 1.807) is 0 Å². The van der Waals surface area contributed by atoms with Crippen LogP contribution in [0.1, 0.15) is 23.1 Å². The van der Waals surface area contributed by atoms with E-state index in [1.165, 1.54) is 5.56 Å². The Morgan fingerprint density at radius 1 is 1.14 bits per heavy atom. The van der Waals surface area contributed by atoms with Crippen LogP contribution in [0.5, 0.6) is 11.5 Å². The second-order valence-corrected chi connectivity index (χ2v) is 5.39. The minimum Gasteiger partial charge on any atom is -0.454 e. The zero-order valence-electron chi connectivity index (χ0n) is 12.6. The van der Waals surface area contributed by atoms with Crippen LogP contribution in [-0.2, 0) is 17.8 Å². The van der Waals surface area contributed by atoms with Crippen LogP contribution in [0.2, 0.25) is 0 Å². The number of ether oxygens (including phenoxy) is 2. The minimum absolute atomic E-state index is 0.0564. The lowest BCUT2D eigenvalue weighted by atomic mass is 10.1. The highest BCUT2D eigenvalue weighted by Crippen LogP contribution is 2.32. The third-order valence-corrected chi connectivity index (χ3v) is 3.81. The molecule has 22 heavy (non-hydrogen) atoms. The molecule has 1 aliphatic rings. The van der Waals surface area contributed by atoms with Gasteiger partial charge in [0.05, 0.1) is 0 Å². The SMILES string of the molecule is Cc1ccccc1CNC(=O)CCc1ccc2c(c1)OCO2. The van der Waals surface area contributed by atoms with E-state index in [4.69, 9.17) is 9.47 Å². The molecule has 1 N–H and O–H groups in total. The molecule has 0 saturated carbocycles. The summed E-state index contributed by atoms with van der Waals surface area (Å²) in [6.07, 6.45) is 1.15. The van der Waals surface area contributed by atoms with Crippen molar-refractivity contribution in [1.82, 2.24) is 5.32 Å². The number of benzene rings is 2. The Labute approximate surface area is 130 Å². The molecule has 3 rings (SSSR count). The molecule has 0 bridgehead atoms. The molecular formula is C18H19NO3. The average molecular weight is 297 g/mol. The summed E-state index contributed by atoms with van der Waals surface area (Å²) in [4.78, 5) is 12.0. The van der Waals surface area contributed by atoms with Gasteiger partial charge in [0.1, 0.15) is 0 Å². The van der Waals surface area contributed by atoms with Gasteiger partial charge in [-0.1, -0.05) is 30.3 Å². The van der Waals surface area contributed by atoms with Gasteiger partial charge in [-0.05, 0) is 42.2 Å². The highest BCUT2D eigenvalue weighted by molar-refractivity contribution is 5.76. The topological polar surface area (TPSA) is 47.6 Å². The van der Waals surface area contributed by atoms with Crippen LogP contribution in [0.4, 0.5) is 0 Å². The smallest absolute Gasteiger partial charge is 0.231 e. The normalized spacial score (nSPS) is 12.2. The first-order valence-corrected chi connectivity index (χ1v) is 7.42. The predicted octanol–water partition coefficient (Wildman–Crippen LogP) is 2.97. The average Bonchev–Trinajstić information content (AvgIpc) is 2.99. The van der Waals surface area contributed by atoms with Crippen molar-refractivity contribution in [2.75, 3.05) is 6.79 Å². The molecule has 2 aromatic carbocycles. The zero-order valence-corrected chi connectivity index (χ0v) is 12.6. The number of hydrogen-bond donors (Lipinski definition) is 1.